The first-order valence-electron chi connectivity index (χ1n) is 8.37. The second-order valence-electron chi connectivity index (χ2n) is 6.16. The van der Waals surface area contributed by atoms with Gasteiger partial charge < -0.3 is 15.6 Å². The van der Waals surface area contributed by atoms with Gasteiger partial charge in [-0.15, -0.1) is 12.4 Å². The topological polar surface area (TPSA) is 69.8 Å². The van der Waals surface area contributed by atoms with Crippen LogP contribution in [0.15, 0.2) is 48.5 Å². The average Bonchev–Trinajstić information content (AvgIpc) is 3.07. The summed E-state index contributed by atoms with van der Waals surface area (Å²) < 4.78 is 0. The summed E-state index contributed by atoms with van der Waals surface area (Å²) in [6, 6.07) is 15.7. The molecule has 25 heavy (non-hydrogen) atoms. The lowest BCUT2D eigenvalue weighted by molar-refractivity contribution is -0.120. The fourth-order valence-corrected chi connectivity index (χ4v) is 3.20. The minimum atomic E-state index is 0. The van der Waals surface area contributed by atoms with Crippen molar-refractivity contribution < 1.29 is 4.79 Å². The summed E-state index contributed by atoms with van der Waals surface area (Å²) in [5.74, 6) is 0.951. The molecule has 1 amide bonds. The molecular weight excluding hydrogens is 336 g/mol. The first kappa shape index (κ1) is 17.5. The van der Waals surface area contributed by atoms with Gasteiger partial charge in [-0.2, -0.15) is 0 Å². The number of amides is 1. The molecule has 0 bridgehead atoms. The quantitative estimate of drug-likeness (QED) is 0.671. The minimum Gasteiger partial charge on any atom is -0.338 e. The van der Waals surface area contributed by atoms with Crippen molar-refractivity contribution in [2.45, 2.75) is 12.8 Å². The average molecular weight is 357 g/mol. The maximum atomic E-state index is 12.6. The van der Waals surface area contributed by atoms with Crippen molar-refractivity contribution in [2.24, 2.45) is 5.92 Å². The number of hydrogen-bond acceptors (Lipinski definition) is 3. The Hall–Kier alpha value is -2.37. The molecule has 1 aliphatic rings. The number of carbonyl (C=O) groups excluding carboxylic acids is 1. The molecule has 6 heteroatoms. The van der Waals surface area contributed by atoms with Crippen molar-refractivity contribution in [1.29, 1.82) is 0 Å². The lowest BCUT2D eigenvalue weighted by atomic mass is 9.97. The van der Waals surface area contributed by atoms with Crippen LogP contribution in [0.5, 0.6) is 0 Å². The molecule has 2 heterocycles. The SMILES string of the molecule is Cl.O=C(Nc1ccccc1-c1nc2ccccc2[nH]1)C1CCNCC1. The highest BCUT2D eigenvalue weighted by Gasteiger charge is 2.22. The Balaban J connectivity index is 0.00000182. The highest BCUT2D eigenvalue weighted by molar-refractivity contribution is 5.96. The smallest absolute Gasteiger partial charge is 0.227 e. The van der Waals surface area contributed by atoms with E-state index in [9.17, 15) is 4.79 Å². The van der Waals surface area contributed by atoms with E-state index in [-0.39, 0.29) is 24.2 Å². The number of nitrogens with zero attached hydrogens (tertiary/aromatic N) is 1. The zero-order chi connectivity index (χ0) is 16.4. The molecule has 4 rings (SSSR count). The van der Waals surface area contributed by atoms with Crippen molar-refractivity contribution >= 4 is 35.0 Å². The van der Waals surface area contributed by atoms with Gasteiger partial charge in [0.25, 0.3) is 0 Å². The highest BCUT2D eigenvalue weighted by Crippen LogP contribution is 2.28. The van der Waals surface area contributed by atoms with E-state index in [0.29, 0.717) is 0 Å². The second-order valence-corrected chi connectivity index (χ2v) is 6.16. The Kier molecular flexibility index (Phi) is 5.36. The lowest BCUT2D eigenvalue weighted by Gasteiger charge is -2.22. The van der Waals surface area contributed by atoms with Gasteiger partial charge in [0.15, 0.2) is 0 Å². The third kappa shape index (κ3) is 3.67. The number of carbonyl (C=O) groups is 1. The van der Waals surface area contributed by atoms with E-state index >= 15 is 0 Å². The number of anilines is 1. The van der Waals surface area contributed by atoms with Gasteiger partial charge >= 0.3 is 0 Å². The van der Waals surface area contributed by atoms with E-state index in [4.69, 9.17) is 0 Å². The zero-order valence-electron chi connectivity index (χ0n) is 13.8. The van der Waals surface area contributed by atoms with Crippen LogP contribution in [0.4, 0.5) is 5.69 Å². The van der Waals surface area contributed by atoms with Gasteiger partial charge in [-0.1, -0.05) is 24.3 Å². The molecule has 3 N–H and O–H groups in total. The Morgan fingerprint density at radius 2 is 1.76 bits per heavy atom. The van der Waals surface area contributed by atoms with Crippen LogP contribution in [0.25, 0.3) is 22.4 Å². The first-order valence-corrected chi connectivity index (χ1v) is 8.37. The fraction of sp³-hybridized carbons (Fsp3) is 0.263. The van der Waals surface area contributed by atoms with Crippen LogP contribution >= 0.6 is 12.4 Å². The Morgan fingerprint density at radius 3 is 2.56 bits per heavy atom. The summed E-state index contributed by atoms with van der Waals surface area (Å²) in [5, 5.41) is 6.39. The van der Waals surface area contributed by atoms with E-state index in [1.807, 2.05) is 48.5 Å². The monoisotopic (exact) mass is 356 g/mol. The van der Waals surface area contributed by atoms with Gasteiger partial charge in [-0.05, 0) is 50.2 Å². The molecule has 1 saturated heterocycles. The van der Waals surface area contributed by atoms with Crippen LogP contribution in [-0.2, 0) is 4.79 Å². The van der Waals surface area contributed by atoms with Gasteiger partial charge in [0, 0.05) is 11.5 Å². The number of fused-ring (bicyclic) bond motifs is 1. The molecule has 0 aliphatic carbocycles. The lowest BCUT2D eigenvalue weighted by Crippen LogP contribution is -2.34. The number of benzene rings is 2. The third-order valence-corrected chi connectivity index (χ3v) is 4.54. The van der Waals surface area contributed by atoms with Crippen LogP contribution in [0.3, 0.4) is 0 Å². The van der Waals surface area contributed by atoms with Crippen LogP contribution in [0, 0.1) is 5.92 Å². The van der Waals surface area contributed by atoms with E-state index in [2.05, 4.69) is 20.6 Å². The van der Waals surface area contributed by atoms with Gasteiger partial charge in [-0.3, -0.25) is 4.79 Å². The molecule has 0 atom stereocenters. The summed E-state index contributed by atoms with van der Waals surface area (Å²) in [7, 11) is 0. The molecule has 130 valence electrons. The summed E-state index contributed by atoms with van der Waals surface area (Å²) in [4.78, 5) is 20.5. The van der Waals surface area contributed by atoms with Crippen molar-refractivity contribution in [2.75, 3.05) is 18.4 Å². The summed E-state index contributed by atoms with van der Waals surface area (Å²) in [5.41, 5.74) is 3.63. The van der Waals surface area contributed by atoms with Gasteiger partial charge in [0.2, 0.25) is 5.91 Å². The number of aromatic amines is 1. The summed E-state index contributed by atoms with van der Waals surface area (Å²) in [6.07, 6.45) is 1.78. The van der Waals surface area contributed by atoms with E-state index in [1.54, 1.807) is 0 Å². The Labute approximate surface area is 152 Å². The van der Waals surface area contributed by atoms with Crippen LogP contribution in [-0.4, -0.2) is 29.0 Å². The molecule has 1 aliphatic heterocycles. The minimum absolute atomic E-state index is 0. The largest absolute Gasteiger partial charge is 0.338 e. The number of rotatable bonds is 3. The normalized spacial score (nSPS) is 14.9. The standard InChI is InChI=1S/C19H20N4O.ClH/c24-19(13-9-11-20-12-10-13)23-15-6-2-1-5-14(15)18-21-16-7-3-4-8-17(16)22-18;/h1-8,13,20H,9-12H2,(H,21,22)(H,23,24);1H. The van der Waals surface area contributed by atoms with Gasteiger partial charge in [0.1, 0.15) is 5.82 Å². The number of hydrogen-bond donors (Lipinski definition) is 3. The fourth-order valence-electron chi connectivity index (χ4n) is 3.20. The molecule has 2 aromatic carbocycles. The number of para-hydroxylation sites is 3. The maximum absolute atomic E-state index is 12.6. The first-order chi connectivity index (χ1) is 11.8. The van der Waals surface area contributed by atoms with E-state index in [1.165, 1.54) is 0 Å². The molecule has 0 radical (unpaired) electrons. The number of halogens is 1. The number of piperidine rings is 1. The Morgan fingerprint density at radius 1 is 1.04 bits per heavy atom. The van der Waals surface area contributed by atoms with E-state index < -0.39 is 0 Å². The molecule has 0 saturated carbocycles. The molecular formula is C19H21ClN4O. The molecule has 3 aromatic rings. The number of aromatic nitrogens is 2. The molecule has 1 fully saturated rings. The van der Waals surface area contributed by atoms with Crippen LogP contribution in [0.1, 0.15) is 12.8 Å². The van der Waals surface area contributed by atoms with Crippen LogP contribution < -0.4 is 10.6 Å². The number of H-pyrrole nitrogens is 1. The Bertz CT molecular complexity index is 837. The number of imidazole rings is 1. The molecule has 0 unspecified atom stereocenters. The van der Waals surface area contributed by atoms with Crippen molar-refractivity contribution in [3.8, 4) is 11.4 Å². The maximum Gasteiger partial charge on any atom is 0.227 e. The predicted octanol–water partition coefficient (Wildman–Crippen LogP) is 3.59. The van der Waals surface area contributed by atoms with Crippen LogP contribution in [0.2, 0.25) is 0 Å². The van der Waals surface area contributed by atoms with Gasteiger partial charge in [0.05, 0.1) is 16.7 Å². The zero-order valence-corrected chi connectivity index (χ0v) is 14.6. The predicted molar refractivity (Wildman–Crippen MR) is 103 cm³/mol. The second kappa shape index (κ2) is 7.68. The van der Waals surface area contributed by atoms with Crippen molar-refractivity contribution in [3.05, 3.63) is 48.5 Å². The third-order valence-electron chi connectivity index (χ3n) is 4.54. The summed E-state index contributed by atoms with van der Waals surface area (Å²) in [6.45, 7) is 1.81. The van der Waals surface area contributed by atoms with Crippen molar-refractivity contribution in [3.63, 3.8) is 0 Å². The van der Waals surface area contributed by atoms with Gasteiger partial charge in [-0.25, -0.2) is 4.98 Å². The molecule has 0 spiro atoms. The van der Waals surface area contributed by atoms with E-state index in [0.717, 1.165) is 54.0 Å². The van der Waals surface area contributed by atoms with Crippen molar-refractivity contribution in [1.82, 2.24) is 15.3 Å². The molecule has 1 aromatic heterocycles. The highest BCUT2D eigenvalue weighted by atomic mass is 35.5. The molecule has 5 nitrogen and oxygen atoms in total. The number of nitrogens with one attached hydrogen (secondary N) is 3. The summed E-state index contributed by atoms with van der Waals surface area (Å²) >= 11 is 0.